The van der Waals surface area contributed by atoms with Gasteiger partial charge in [-0.05, 0) is 55.8 Å². The maximum atomic E-state index is 5.36. The van der Waals surface area contributed by atoms with Crippen molar-refractivity contribution < 1.29 is 4.74 Å². The van der Waals surface area contributed by atoms with Crippen molar-refractivity contribution >= 4 is 5.82 Å². The van der Waals surface area contributed by atoms with Crippen molar-refractivity contribution in [2.24, 2.45) is 0 Å². The van der Waals surface area contributed by atoms with Gasteiger partial charge in [0.25, 0.3) is 0 Å². The molecule has 1 fully saturated rings. The van der Waals surface area contributed by atoms with Crippen LogP contribution in [0.25, 0.3) is 11.4 Å². The van der Waals surface area contributed by atoms with E-state index in [4.69, 9.17) is 14.7 Å². The van der Waals surface area contributed by atoms with Crippen LogP contribution in [0.2, 0.25) is 0 Å². The van der Waals surface area contributed by atoms with Crippen LogP contribution >= 0.6 is 0 Å². The Kier molecular flexibility index (Phi) is 6.23. The molecule has 0 atom stereocenters. The second-order valence-corrected chi connectivity index (χ2v) is 8.01. The minimum atomic E-state index is 0.453. The number of methoxy groups -OCH3 is 1. The quantitative estimate of drug-likeness (QED) is 0.620. The monoisotopic (exact) mass is 403 g/mol. The van der Waals surface area contributed by atoms with Crippen molar-refractivity contribution in [2.75, 3.05) is 39.2 Å². The summed E-state index contributed by atoms with van der Waals surface area (Å²) in [5, 5.41) is 0. The van der Waals surface area contributed by atoms with E-state index in [-0.39, 0.29) is 0 Å². The number of aromatic nitrogens is 3. The normalized spacial score (nSPS) is 15.2. The fraction of sp³-hybridized carbons (Fsp3) is 0.375. The Morgan fingerprint density at radius 3 is 2.50 bits per heavy atom. The molecule has 1 saturated heterocycles. The first-order valence-electron chi connectivity index (χ1n) is 10.4. The Balaban J connectivity index is 1.48. The highest BCUT2D eigenvalue weighted by Gasteiger charge is 2.23. The lowest BCUT2D eigenvalue weighted by atomic mass is 9.92. The van der Waals surface area contributed by atoms with E-state index < -0.39 is 0 Å². The van der Waals surface area contributed by atoms with E-state index in [1.165, 1.54) is 5.56 Å². The first-order chi connectivity index (χ1) is 14.6. The average molecular weight is 404 g/mol. The number of pyridine rings is 1. The van der Waals surface area contributed by atoms with Crippen molar-refractivity contribution in [2.45, 2.75) is 25.3 Å². The van der Waals surface area contributed by atoms with Crippen LogP contribution in [0, 0.1) is 0 Å². The summed E-state index contributed by atoms with van der Waals surface area (Å²) in [6.45, 7) is 3.08. The summed E-state index contributed by atoms with van der Waals surface area (Å²) in [7, 11) is 5.77. The van der Waals surface area contributed by atoms with E-state index >= 15 is 0 Å². The summed E-state index contributed by atoms with van der Waals surface area (Å²) in [6.07, 6.45) is 5.78. The third-order valence-electron chi connectivity index (χ3n) is 5.68. The standard InChI is InChI=1S/C24H29N5O/c1-28(2)23-16-22(26-24(27-23)20-7-11-25-12-8-20)19-9-13-29(14-10-19)17-18-5-4-6-21(15-18)30-3/h4-8,11-12,15-16,19H,9-10,13-14,17H2,1-3H3. The van der Waals surface area contributed by atoms with Crippen molar-refractivity contribution in [3.05, 3.63) is 66.1 Å². The second kappa shape index (κ2) is 9.22. The zero-order valence-electron chi connectivity index (χ0n) is 18.0. The minimum Gasteiger partial charge on any atom is -0.497 e. The molecule has 1 aliphatic heterocycles. The van der Waals surface area contributed by atoms with E-state index in [9.17, 15) is 0 Å². The smallest absolute Gasteiger partial charge is 0.161 e. The number of hydrogen-bond acceptors (Lipinski definition) is 6. The van der Waals surface area contributed by atoms with Gasteiger partial charge < -0.3 is 9.64 Å². The Hall–Kier alpha value is -2.99. The van der Waals surface area contributed by atoms with E-state index in [1.807, 2.05) is 37.2 Å². The molecule has 4 rings (SSSR count). The predicted octanol–water partition coefficient (Wildman–Crippen LogP) is 3.99. The van der Waals surface area contributed by atoms with Gasteiger partial charge in [0.15, 0.2) is 5.82 Å². The first-order valence-corrected chi connectivity index (χ1v) is 10.4. The molecule has 0 bridgehead atoms. The number of nitrogens with zero attached hydrogens (tertiary/aromatic N) is 5. The van der Waals surface area contributed by atoms with Crippen LogP contribution in [-0.2, 0) is 6.54 Å². The molecule has 6 heteroatoms. The van der Waals surface area contributed by atoms with Crippen LogP contribution in [-0.4, -0.2) is 54.1 Å². The number of hydrogen-bond donors (Lipinski definition) is 0. The Bertz CT molecular complexity index is 968. The highest BCUT2D eigenvalue weighted by Crippen LogP contribution is 2.31. The van der Waals surface area contributed by atoms with E-state index in [1.54, 1.807) is 19.5 Å². The molecule has 156 valence electrons. The Labute approximate surface area is 178 Å². The van der Waals surface area contributed by atoms with E-state index in [2.05, 4.69) is 34.1 Å². The number of rotatable bonds is 6. The zero-order valence-corrected chi connectivity index (χ0v) is 18.0. The molecule has 0 aliphatic carbocycles. The lowest BCUT2D eigenvalue weighted by molar-refractivity contribution is 0.203. The molecule has 0 unspecified atom stereocenters. The molecule has 0 N–H and O–H groups in total. The molecule has 2 aromatic heterocycles. The molecule has 6 nitrogen and oxygen atoms in total. The minimum absolute atomic E-state index is 0.453. The predicted molar refractivity (Wildman–Crippen MR) is 120 cm³/mol. The van der Waals surface area contributed by atoms with Gasteiger partial charge in [0, 0.05) is 56.3 Å². The fourth-order valence-corrected chi connectivity index (χ4v) is 3.94. The number of likely N-dealkylation sites (tertiary alicyclic amines) is 1. The Morgan fingerprint density at radius 1 is 1.03 bits per heavy atom. The molecule has 3 heterocycles. The second-order valence-electron chi connectivity index (χ2n) is 8.01. The lowest BCUT2D eigenvalue weighted by Crippen LogP contribution is -2.32. The van der Waals surface area contributed by atoms with Crippen LogP contribution < -0.4 is 9.64 Å². The van der Waals surface area contributed by atoms with Crippen LogP contribution in [0.3, 0.4) is 0 Å². The maximum Gasteiger partial charge on any atom is 0.161 e. The van der Waals surface area contributed by atoms with Crippen molar-refractivity contribution in [3.63, 3.8) is 0 Å². The van der Waals surface area contributed by atoms with Crippen molar-refractivity contribution in [3.8, 4) is 17.1 Å². The van der Waals surface area contributed by atoms with Crippen LogP contribution in [0.4, 0.5) is 5.82 Å². The summed E-state index contributed by atoms with van der Waals surface area (Å²) in [5.74, 6) is 3.10. The van der Waals surface area contributed by atoms with Gasteiger partial charge in [-0.2, -0.15) is 0 Å². The molecular weight excluding hydrogens is 374 g/mol. The highest BCUT2D eigenvalue weighted by molar-refractivity contribution is 5.57. The van der Waals surface area contributed by atoms with Gasteiger partial charge in [0.05, 0.1) is 7.11 Å². The first kappa shape index (κ1) is 20.3. The van der Waals surface area contributed by atoms with Crippen LogP contribution in [0.1, 0.15) is 30.0 Å². The summed E-state index contributed by atoms with van der Waals surface area (Å²) < 4.78 is 5.36. The summed E-state index contributed by atoms with van der Waals surface area (Å²) in [5.41, 5.74) is 3.44. The fourth-order valence-electron chi connectivity index (χ4n) is 3.94. The van der Waals surface area contributed by atoms with Gasteiger partial charge >= 0.3 is 0 Å². The zero-order chi connectivity index (χ0) is 20.9. The number of anilines is 1. The molecule has 30 heavy (non-hydrogen) atoms. The molecule has 0 radical (unpaired) electrons. The van der Waals surface area contributed by atoms with Gasteiger partial charge in [-0.25, -0.2) is 9.97 Å². The number of piperidine rings is 1. The molecule has 0 saturated carbocycles. The topological polar surface area (TPSA) is 54.4 Å². The van der Waals surface area contributed by atoms with Crippen molar-refractivity contribution in [1.29, 1.82) is 0 Å². The van der Waals surface area contributed by atoms with Crippen LogP contribution in [0.15, 0.2) is 54.9 Å². The largest absolute Gasteiger partial charge is 0.497 e. The SMILES string of the molecule is COc1cccc(CN2CCC(c3cc(N(C)C)nc(-c4ccncc4)n3)CC2)c1. The van der Waals surface area contributed by atoms with E-state index in [0.29, 0.717) is 5.92 Å². The number of benzene rings is 1. The van der Waals surface area contributed by atoms with Crippen LogP contribution in [0.5, 0.6) is 5.75 Å². The lowest BCUT2D eigenvalue weighted by Gasteiger charge is -2.32. The third-order valence-corrected chi connectivity index (χ3v) is 5.68. The third kappa shape index (κ3) is 4.76. The molecule has 3 aromatic rings. The molecule has 1 aliphatic rings. The van der Waals surface area contributed by atoms with Gasteiger partial charge in [0.1, 0.15) is 11.6 Å². The van der Waals surface area contributed by atoms with Gasteiger partial charge in [-0.1, -0.05) is 12.1 Å². The molecular formula is C24H29N5O. The van der Waals surface area contributed by atoms with Gasteiger partial charge in [0.2, 0.25) is 0 Å². The van der Waals surface area contributed by atoms with Gasteiger partial charge in [-0.3, -0.25) is 9.88 Å². The van der Waals surface area contributed by atoms with Gasteiger partial charge in [-0.15, -0.1) is 0 Å². The molecule has 1 aromatic carbocycles. The molecule has 0 spiro atoms. The number of ether oxygens (including phenoxy) is 1. The van der Waals surface area contributed by atoms with Crippen molar-refractivity contribution in [1.82, 2.24) is 19.9 Å². The highest BCUT2D eigenvalue weighted by atomic mass is 16.5. The molecule has 0 amide bonds. The maximum absolute atomic E-state index is 5.36. The summed E-state index contributed by atoms with van der Waals surface area (Å²) >= 11 is 0. The summed E-state index contributed by atoms with van der Waals surface area (Å²) in [4.78, 5) is 18.4. The van der Waals surface area contributed by atoms with E-state index in [0.717, 1.165) is 61.1 Å². The summed E-state index contributed by atoms with van der Waals surface area (Å²) in [6, 6.07) is 14.4. The average Bonchev–Trinajstić information content (AvgIpc) is 2.80. The Morgan fingerprint density at radius 2 is 1.80 bits per heavy atom.